The lowest BCUT2D eigenvalue weighted by molar-refractivity contribution is 0.0897. The molecule has 2 nitrogen and oxygen atoms in total. The summed E-state index contributed by atoms with van der Waals surface area (Å²) in [5.74, 6) is 0. The van der Waals surface area contributed by atoms with Crippen molar-refractivity contribution in [2.45, 2.75) is 33.6 Å². The van der Waals surface area contributed by atoms with E-state index in [1.165, 1.54) is 12.8 Å². The van der Waals surface area contributed by atoms with Crippen LogP contribution in [0.2, 0.25) is 0 Å². The molecule has 1 aliphatic rings. The van der Waals surface area contributed by atoms with Gasteiger partial charge < -0.3 is 10.1 Å². The van der Waals surface area contributed by atoms with E-state index in [0.29, 0.717) is 5.41 Å². The summed E-state index contributed by atoms with van der Waals surface area (Å²) >= 11 is 0. The first-order valence-corrected chi connectivity index (χ1v) is 5.03. The van der Waals surface area contributed by atoms with E-state index in [0.717, 1.165) is 19.7 Å². The Morgan fingerprint density at radius 1 is 1.42 bits per heavy atom. The molecule has 0 aliphatic carbocycles. The zero-order chi connectivity index (χ0) is 9.45. The molecule has 0 bridgehead atoms. The fourth-order valence-corrected chi connectivity index (χ4v) is 1.63. The van der Waals surface area contributed by atoms with Crippen LogP contribution in [0.4, 0.5) is 0 Å². The number of nitrogens with one attached hydrogen (secondary N) is 1. The molecule has 1 N–H and O–H groups in total. The third-order valence-electron chi connectivity index (χ3n) is 2.53. The van der Waals surface area contributed by atoms with Gasteiger partial charge in [-0.15, -0.1) is 0 Å². The summed E-state index contributed by atoms with van der Waals surface area (Å²) in [6, 6.07) is 0. The first kappa shape index (κ1) is 11.9. The molecule has 0 radical (unpaired) electrons. The Hall–Kier alpha value is -0.0800. The zero-order valence-corrected chi connectivity index (χ0v) is 8.94. The van der Waals surface area contributed by atoms with E-state index in [2.05, 4.69) is 12.2 Å². The molecule has 0 aromatic heterocycles. The van der Waals surface area contributed by atoms with Gasteiger partial charge in [0.15, 0.2) is 0 Å². The quantitative estimate of drug-likeness (QED) is 0.705. The number of hydrogen-bond donors (Lipinski definition) is 1. The Kier molecular flexibility index (Phi) is 6.39. The second-order valence-corrected chi connectivity index (χ2v) is 3.21. The molecule has 0 aromatic carbocycles. The third kappa shape index (κ3) is 3.11. The van der Waals surface area contributed by atoms with Crippen LogP contribution < -0.4 is 5.32 Å². The fraction of sp³-hybridized carbons (Fsp3) is 1.00. The minimum absolute atomic E-state index is 0.453. The van der Waals surface area contributed by atoms with Gasteiger partial charge in [-0.25, -0.2) is 0 Å². The second kappa shape index (κ2) is 6.44. The van der Waals surface area contributed by atoms with Crippen molar-refractivity contribution in [1.29, 1.82) is 0 Å². The van der Waals surface area contributed by atoms with Crippen LogP contribution in [-0.4, -0.2) is 26.8 Å². The highest BCUT2D eigenvalue weighted by Gasteiger charge is 2.31. The molecule has 12 heavy (non-hydrogen) atoms. The normalized spacial score (nSPS) is 28.0. The summed E-state index contributed by atoms with van der Waals surface area (Å²) in [4.78, 5) is 0. The molecule has 1 rings (SSSR count). The van der Waals surface area contributed by atoms with Crippen LogP contribution in [0.1, 0.15) is 33.6 Å². The maximum Gasteiger partial charge on any atom is 0.0531 e. The largest absolute Gasteiger partial charge is 0.384 e. The first-order valence-electron chi connectivity index (χ1n) is 5.03. The molecule has 0 saturated carbocycles. The molecular formula is C10H23NO. The third-order valence-corrected chi connectivity index (χ3v) is 2.53. The van der Waals surface area contributed by atoms with Crippen LogP contribution in [0.3, 0.4) is 0 Å². The minimum Gasteiger partial charge on any atom is -0.384 e. The highest BCUT2D eigenvalue weighted by atomic mass is 16.5. The summed E-state index contributed by atoms with van der Waals surface area (Å²) in [6.07, 6.45) is 2.51. The molecule has 1 saturated heterocycles. The van der Waals surface area contributed by atoms with Crippen LogP contribution in [0, 0.1) is 5.41 Å². The Balaban J connectivity index is 0.000000561. The average molecular weight is 173 g/mol. The lowest BCUT2D eigenvalue weighted by atomic mass is 9.85. The molecular weight excluding hydrogens is 150 g/mol. The van der Waals surface area contributed by atoms with Crippen molar-refractivity contribution in [2.24, 2.45) is 5.41 Å². The topological polar surface area (TPSA) is 21.3 Å². The fourth-order valence-electron chi connectivity index (χ4n) is 1.63. The number of ether oxygens (including phenoxy) is 1. The number of hydrogen-bond acceptors (Lipinski definition) is 2. The Morgan fingerprint density at radius 3 is 2.42 bits per heavy atom. The van der Waals surface area contributed by atoms with Gasteiger partial charge in [0.1, 0.15) is 0 Å². The van der Waals surface area contributed by atoms with Crippen molar-refractivity contribution < 1.29 is 4.74 Å². The average Bonchev–Trinajstić information content (AvgIpc) is 2.58. The van der Waals surface area contributed by atoms with Crippen LogP contribution in [-0.2, 0) is 4.74 Å². The molecule has 1 heterocycles. The van der Waals surface area contributed by atoms with Crippen LogP contribution in [0.5, 0.6) is 0 Å². The SMILES string of the molecule is CC.CCC1(COC)CCNC1. The predicted octanol–water partition coefficient (Wildman–Crippen LogP) is 2.05. The number of methoxy groups -OCH3 is 1. The summed E-state index contributed by atoms with van der Waals surface area (Å²) in [6.45, 7) is 9.46. The second-order valence-electron chi connectivity index (χ2n) is 3.21. The van der Waals surface area contributed by atoms with Crippen LogP contribution >= 0.6 is 0 Å². The van der Waals surface area contributed by atoms with Gasteiger partial charge in [0, 0.05) is 19.1 Å². The van der Waals surface area contributed by atoms with E-state index in [4.69, 9.17) is 4.74 Å². The van der Waals surface area contributed by atoms with Crippen molar-refractivity contribution in [2.75, 3.05) is 26.8 Å². The standard InChI is InChI=1S/C8H17NO.C2H6/c1-3-8(7-10-2)4-5-9-6-8;1-2/h9H,3-7H2,1-2H3;1-2H3. The van der Waals surface area contributed by atoms with Crippen molar-refractivity contribution in [3.05, 3.63) is 0 Å². The van der Waals surface area contributed by atoms with Gasteiger partial charge in [-0.05, 0) is 19.4 Å². The highest BCUT2D eigenvalue weighted by molar-refractivity contribution is 4.86. The smallest absolute Gasteiger partial charge is 0.0531 e. The Morgan fingerprint density at radius 2 is 2.08 bits per heavy atom. The molecule has 1 aliphatic heterocycles. The molecule has 1 unspecified atom stereocenters. The van der Waals surface area contributed by atoms with Crippen molar-refractivity contribution in [3.63, 3.8) is 0 Å². The van der Waals surface area contributed by atoms with E-state index in [1.807, 2.05) is 13.8 Å². The Bertz CT molecular complexity index is 98.0. The van der Waals surface area contributed by atoms with E-state index >= 15 is 0 Å². The van der Waals surface area contributed by atoms with Gasteiger partial charge >= 0.3 is 0 Å². The van der Waals surface area contributed by atoms with Gasteiger partial charge in [0.05, 0.1) is 6.61 Å². The van der Waals surface area contributed by atoms with E-state index in [9.17, 15) is 0 Å². The minimum atomic E-state index is 0.453. The van der Waals surface area contributed by atoms with Gasteiger partial charge in [0.25, 0.3) is 0 Å². The van der Waals surface area contributed by atoms with E-state index in [-0.39, 0.29) is 0 Å². The molecule has 0 amide bonds. The van der Waals surface area contributed by atoms with E-state index < -0.39 is 0 Å². The lowest BCUT2D eigenvalue weighted by Gasteiger charge is -2.24. The lowest BCUT2D eigenvalue weighted by Crippen LogP contribution is -2.28. The number of rotatable bonds is 3. The van der Waals surface area contributed by atoms with Crippen LogP contribution in [0.15, 0.2) is 0 Å². The zero-order valence-electron chi connectivity index (χ0n) is 8.94. The summed E-state index contributed by atoms with van der Waals surface area (Å²) in [5, 5.41) is 3.37. The van der Waals surface area contributed by atoms with Crippen molar-refractivity contribution in [1.82, 2.24) is 5.32 Å². The summed E-state index contributed by atoms with van der Waals surface area (Å²) in [7, 11) is 1.79. The highest BCUT2D eigenvalue weighted by Crippen LogP contribution is 2.28. The predicted molar refractivity (Wildman–Crippen MR) is 53.4 cm³/mol. The van der Waals surface area contributed by atoms with Crippen LogP contribution in [0.25, 0.3) is 0 Å². The molecule has 1 fully saturated rings. The molecule has 1 atom stereocenters. The molecule has 2 heteroatoms. The van der Waals surface area contributed by atoms with E-state index in [1.54, 1.807) is 7.11 Å². The summed E-state index contributed by atoms with van der Waals surface area (Å²) in [5.41, 5.74) is 0.453. The van der Waals surface area contributed by atoms with Gasteiger partial charge in [0.2, 0.25) is 0 Å². The van der Waals surface area contributed by atoms with Gasteiger partial charge in [-0.2, -0.15) is 0 Å². The first-order chi connectivity index (χ1) is 5.83. The maximum atomic E-state index is 5.18. The van der Waals surface area contributed by atoms with Gasteiger partial charge in [-0.1, -0.05) is 20.8 Å². The molecule has 0 spiro atoms. The Labute approximate surface area is 76.7 Å². The summed E-state index contributed by atoms with van der Waals surface area (Å²) < 4.78 is 5.18. The maximum absolute atomic E-state index is 5.18. The van der Waals surface area contributed by atoms with Crippen molar-refractivity contribution in [3.8, 4) is 0 Å². The van der Waals surface area contributed by atoms with Gasteiger partial charge in [-0.3, -0.25) is 0 Å². The van der Waals surface area contributed by atoms with Crippen molar-refractivity contribution >= 4 is 0 Å². The molecule has 74 valence electrons. The molecule has 0 aromatic rings. The monoisotopic (exact) mass is 173 g/mol.